The molecule has 84 valence electrons. The van der Waals surface area contributed by atoms with Gasteiger partial charge in [0.1, 0.15) is 5.75 Å². The molecule has 0 aromatic heterocycles. The van der Waals surface area contributed by atoms with Gasteiger partial charge in [-0.3, -0.25) is 0 Å². The Morgan fingerprint density at radius 3 is 2.60 bits per heavy atom. The highest BCUT2D eigenvalue weighted by molar-refractivity contribution is 7.98. The number of methoxy groups -OCH3 is 1. The Hall–Kier alpha value is -0.670. The van der Waals surface area contributed by atoms with Crippen LogP contribution in [0, 0.1) is 0 Å². The van der Waals surface area contributed by atoms with Gasteiger partial charge in [0.25, 0.3) is 0 Å². The Morgan fingerprint density at radius 2 is 2.00 bits per heavy atom. The third-order valence-corrected chi connectivity index (χ3v) is 2.89. The van der Waals surface area contributed by atoms with Crippen molar-refractivity contribution >= 4 is 11.8 Å². The maximum absolute atomic E-state index is 5.10. The predicted molar refractivity (Wildman–Crippen MR) is 67.7 cm³/mol. The zero-order valence-corrected chi connectivity index (χ0v) is 10.3. The maximum Gasteiger partial charge on any atom is 0.118 e. The topological polar surface area (TPSA) is 21.3 Å². The first kappa shape index (κ1) is 12.4. The number of hydrogen-bond acceptors (Lipinski definition) is 3. The second-order valence-corrected chi connectivity index (χ2v) is 4.36. The summed E-state index contributed by atoms with van der Waals surface area (Å²) in [6, 6.07) is 8.19. The van der Waals surface area contributed by atoms with Gasteiger partial charge >= 0.3 is 0 Å². The third-order valence-electron chi connectivity index (χ3n) is 2.19. The summed E-state index contributed by atoms with van der Waals surface area (Å²) in [5, 5.41) is 3.42. The lowest BCUT2D eigenvalue weighted by Crippen LogP contribution is -2.15. The third kappa shape index (κ3) is 5.09. The molecule has 0 fully saturated rings. The number of hydrogen-bond donors (Lipinski definition) is 1. The summed E-state index contributed by atoms with van der Waals surface area (Å²) in [5.74, 6) is 2.15. The average molecular weight is 225 g/mol. The molecule has 0 saturated carbocycles. The molecule has 0 aliphatic carbocycles. The van der Waals surface area contributed by atoms with E-state index >= 15 is 0 Å². The van der Waals surface area contributed by atoms with Crippen LogP contribution in [0.5, 0.6) is 5.75 Å². The minimum absolute atomic E-state index is 0.918. The second kappa shape index (κ2) is 7.60. The van der Waals surface area contributed by atoms with Crippen LogP contribution in [-0.4, -0.2) is 25.7 Å². The minimum atomic E-state index is 0.918. The van der Waals surface area contributed by atoms with E-state index in [9.17, 15) is 0 Å². The summed E-state index contributed by atoms with van der Waals surface area (Å²) < 4.78 is 5.10. The molecule has 0 saturated heterocycles. The fourth-order valence-electron chi connectivity index (χ4n) is 1.32. The van der Waals surface area contributed by atoms with Crippen molar-refractivity contribution in [1.29, 1.82) is 0 Å². The quantitative estimate of drug-likeness (QED) is 0.721. The van der Waals surface area contributed by atoms with E-state index in [2.05, 4.69) is 23.7 Å². The summed E-state index contributed by atoms with van der Waals surface area (Å²) in [6.07, 6.45) is 3.38. The van der Waals surface area contributed by atoms with Crippen LogP contribution in [-0.2, 0) is 6.54 Å². The van der Waals surface area contributed by atoms with Crippen LogP contribution in [0.1, 0.15) is 12.0 Å². The zero-order chi connectivity index (χ0) is 10.9. The fourth-order valence-corrected chi connectivity index (χ4v) is 1.75. The van der Waals surface area contributed by atoms with Crippen LogP contribution in [0.25, 0.3) is 0 Å². The van der Waals surface area contributed by atoms with Gasteiger partial charge in [0, 0.05) is 6.54 Å². The van der Waals surface area contributed by atoms with Crippen molar-refractivity contribution in [1.82, 2.24) is 5.32 Å². The van der Waals surface area contributed by atoms with Gasteiger partial charge in [0.05, 0.1) is 7.11 Å². The highest BCUT2D eigenvalue weighted by Gasteiger charge is 1.93. The van der Waals surface area contributed by atoms with E-state index in [0.29, 0.717) is 0 Å². The number of benzene rings is 1. The monoisotopic (exact) mass is 225 g/mol. The van der Waals surface area contributed by atoms with Crippen molar-refractivity contribution in [2.45, 2.75) is 13.0 Å². The van der Waals surface area contributed by atoms with E-state index < -0.39 is 0 Å². The van der Waals surface area contributed by atoms with E-state index in [0.717, 1.165) is 18.8 Å². The van der Waals surface area contributed by atoms with Crippen molar-refractivity contribution in [2.24, 2.45) is 0 Å². The molecule has 0 radical (unpaired) electrons. The molecular weight excluding hydrogens is 206 g/mol. The van der Waals surface area contributed by atoms with Gasteiger partial charge in [-0.05, 0) is 42.7 Å². The summed E-state index contributed by atoms with van der Waals surface area (Å²) in [6.45, 7) is 2.03. The van der Waals surface area contributed by atoms with Crippen LogP contribution in [0.4, 0.5) is 0 Å². The number of thioether (sulfide) groups is 1. The largest absolute Gasteiger partial charge is 0.497 e. The van der Waals surface area contributed by atoms with Gasteiger partial charge in [-0.2, -0.15) is 11.8 Å². The van der Waals surface area contributed by atoms with E-state index in [4.69, 9.17) is 4.74 Å². The fraction of sp³-hybridized carbons (Fsp3) is 0.500. The van der Waals surface area contributed by atoms with E-state index in [1.165, 1.54) is 17.7 Å². The lowest BCUT2D eigenvalue weighted by Gasteiger charge is -2.05. The molecule has 0 aliphatic rings. The number of rotatable bonds is 7. The first-order chi connectivity index (χ1) is 7.36. The van der Waals surface area contributed by atoms with Gasteiger partial charge < -0.3 is 10.1 Å². The Morgan fingerprint density at radius 1 is 1.27 bits per heavy atom. The predicted octanol–water partition coefficient (Wildman–Crippen LogP) is 2.54. The van der Waals surface area contributed by atoms with Crippen molar-refractivity contribution in [3.05, 3.63) is 29.8 Å². The number of ether oxygens (including phenoxy) is 1. The first-order valence-corrected chi connectivity index (χ1v) is 6.59. The van der Waals surface area contributed by atoms with Gasteiger partial charge in [0.15, 0.2) is 0 Å². The van der Waals surface area contributed by atoms with Crippen LogP contribution >= 0.6 is 11.8 Å². The standard InChI is InChI=1S/C12H19NOS/c1-14-12-6-4-11(5-7-12)10-13-8-3-9-15-2/h4-7,13H,3,8-10H2,1-2H3. The molecule has 1 N–H and O–H groups in total. The molecule has 1 aromatic rings. The minimum Gasteiger partial charge on any atom is -0.497 e. The van der Waals surface area contributed by atoms with E-state index in [1.54, 1.807) is 7.11 Å². The smallest absolute Gasteiger partial charge is 0.118 e. The van der Waals surface area contributed by atoms with Gasteiger partial charge in [-0.1, -0.05) is 12.1 Å². The molecule has 0 heterocycles. The maximum atomic E-state index is 5.10. The average Bonchev–Trinajstić information content (AvgIpc) is 2.30. The Balaban J connectivity index is 2.20. The second-order valence-electron chi connectivity index (χ2n) is 3.37. The molecule has 0 bridgehead atoms. The van der Waals surface area contributed by atoms with Crippen LogP contribution in [0.2, 0.25) is 0 Å². The van der Waals surface area contributed by atoms with Crippen molar-refractivity contribution in [3.63, 3.8) is 0 Å². The molecule has 0 unspecified atom stereocenters. The highest BCUT2D eigenvalue weighted by Crippen LogP contribution is 2.10. The Kier molecular flexibility index (Phi) is 6.28. The SMILES string of the molecule is COc1ccc(CNCCCSC)cc1. The van der Waals surface area contributed by atoms with Crippen molar-refractivity contribution in [2.75, 3.05) is 25.7 Å². The molecular formula is C12H19NOS. The Labute approximate surface area is 96.4 Å². The molecule has 0 atom stereocenters. The molecule has 0 spiro atoms. The summed E-state index contributed by atoms with van der Waals surface area (Å²) in [4.78, 5) is 0. The molecule has 1 rings (SSSR count). The normalized spacial score (nSPS) is 10.3. The van der Waals surface area contributed by atoms with Crippen LogP contribution in [0.15, 0.2) is 24.3 Å². The van der Waals surface area contributed by atoms with E-state index in [-0.39, 0.29) is 0 Å². The molecule has 0 aliphatic heterocycles. The van der Waals surface area contributed by atoms with Gasteiger partial charge in [-0.25, -0.2) is 0 Å². The van der Waals surface area contributed by atoms with Gasteiger partial charge in [0.2, 0.25) is 0 Å². The molecule has 3 heteroatoms. The van der Waals surface area contributed by atoms with Crippen molar-refractivity contribution in [3.8, 4) is 5.75 Å². The lowest BCUT2D eigenvalue weighted by molar-refractivity contribution is 0.414. The zero-order valence-electron chi connectivity index (χ0n) is 9.45. The van der Waals surface area contributed by atoms with Gasteiger partial charge in [-0.15, -0.1) is 0 Å². The summed E-state index contributed by atoms with van der Waals surface area (Å²) in [5.41, 5.74) is 1.31. The van der Waals surface area contributed by atoms with Crippen LogP contribution in [0.3, 0.4) is 0 Å². The highest BCUT2D eigenvalue weighted by atomic mass is 32.2. The Bertz CT molecular complexity index is 261. The molecule has 2 nitrogen and oxygen atoms in total. The molecule has 0 amide bonds. The number of nitrogens with one attached hydrogen (secondary N) is 1. The molecule has 1 aromatic carbocycles. The summed E-state index contributed by atoms with van der Waals surface area (Å²) >= 11 is 1.90. The van der Waals surface area contributed by atoms with Crippen LogP contribution < -0.4 is 10.1 Å². The first-order valence-electron chi connectivity index (χ1n) is 5.19. The van der Waals surface area contributed by atoms with Crippen molar-refractivity contribution < 1.29 is 4.74 Å². The lowest BCUT2D eigenvalue weighted by atomic mass is 10.2. The molecule has 15 heavy (non-hydrogen) atoms. The summed E-state index contributed by atoms with van der Waals surface area (Å²) in [7, 11) is 1.69. The van der Waals surface area contributed by atoms with E-state index in [1.807, 2.05) is 23.9 Å².